The van der Waals surface area contributed by atoms with Crippen LogP contribution in [-0.2, 0) is 5.41 Å². The lowest BCUT2D eigenvalue weighted by Gasteiger charge is -2.22. The van der Waals surface area contributed by atoms with Crippen LogP contribution in [0.3, 0.4) is 0 Å². The first kappa shape index (κ1) is 34.0. The van der Waals surface area contributed by atoms with Crippen molar-refractivity contribution in [3.63, 3.8) is 0 Å². The zero-order valence-electron chi connectivity index (χ0n) is 31.4. The van der Waals surface area contributed by atoms with Crippen molar-refractivity contribution in [2.24, 2.45) is 0 Å². The number of aryl methyl sites for hydroxylation is 6. The van der Waals surface area contributed by atoms with Gasteiger partial charge in [0.25, 0.3) is 0 Å². The van der Waals surface area contributed by atoms with Gasteiger partial charge in [0.1, 0.15) is 0 Å². The van der Waals surface area contributed by atoms with Gasteiger partial charge in [-0.2, -0.15) is 0 Å². The first-order valence-corrected chi connectivity index (χ1v) is 18.2. The van der Waals surface area contributed by atoms with Crippen LogP contribution >= 0.6 is 0 Å². The molecule has 0 aromatic heterocycles. The topological polar surface area (TPSA) is 0 Å². The maximum atomic E-state index is 2.34. The minimum absolute atomic E-state index is 0.142. The number of hydrogen-bond acceptors (Lipinski definition) is 0. The Morgan fingerprint density at radius 3 is 1.16 bits per heavy atom. The Kier molecular flexibility index (Phi) is 9.13. The summed E-state index contributed by atoms with van der Waals surface area (Å²) in [5, 5.41) is 8.02. The number of hydrogen-bond donors (Lipinski definition) is 0. The van der Waals surface area contributed by atoms with Crippen molar-refractivity contribution < 1.29 is 0 Å². The molecule has 1 aliphatic carbocycles. The van der Waals surface area contributed by atoms with Gasteiger partial charge in [0.15, 0.2) is 0 Å². The van der Waals surface area contributed by atoms with Crippen molar-refractivity contribution in [1.82, 2.24) is 0 Å². The van der Waals surface area contributed by atoms with Gasteiger partial charge in [-0.3, -0.25) is 0 Å². The Bertz CT molecular complexity index is 2380. The van der Waals surface area contributed by atoms with E-state index in [9.17, 15) is 0 Å². The van der Waals surface area contributed by atoms with Crippen molar-refractivity contribution in [2.75, 3.05) is 0 Å². The molecule has 0 heteroatoms. The molecule has 8 aromatic rings. The predicted octanol–water partition coefficient (Wildman–Crippen LogP) is 14.3. The van der Waals surface area contributed by atoms with Gasteiger partial charge in [-0.05, 0) is 129 Å². The van der Waals surface area contributed by atoms with Crippen molar-refractivity contribution >= 4 is 32.3 Å². The monoisotopic (exact) mass is 660 g/mol. The van der Waals surface area contributed by atoms with E-state index in [4.69, 9.17) is 0 Å². The second kappa shape index (κ2) is 13.7. The number of benzene rings is 8. The molecule has 51 heavy (non-hydrogen) atoms. The fourth-order valence-electron chi connectivity index (χ4n) is 8.01. The Labute approximate surface area is 304 Å². The van der Waals surface area contributed by atoms with Crippen LogP contribution < -0.4 is 0 Å². The molecule has 8 aromatic carbocycles. The van der Waals surface area contributed by atoms with E-state index < -0.39 is 0 Å². The zero-order chi connectivity index (χ0) is 35.9. The Morgan fingerprint density at radius 1 is 0.333 bits per heavy atom. The lowest BCUT2D eigenvalue weighted by molar-refractivity contribution is 0.659. The summed E-state index contributed by atoms with van der Waals surface area (Å²) in [6, 6.07) is 52.8. The van der Waals surface area contributed by atoms with Crippen LogP contribution in [0.15, 0.2) is 146 Å². The Morgan fingerprint density at radius 2 is 0.725 bits per heavy atom. The van der Waals surface area contributed by atoms with E-state index in [1.54, 1.807) is 0 Å². The standard InChI is InChI=1S/C22H18.C17H18.C12H12/c1-15-11-13-17-7-3-5-9-19(17)21(15)22-16(2)12-14-18-8-4-6-10-20(18)22;1-11-5-7-13-14-8-6-12(2)10-16(14)17(3,4)15(13)9-11;1-9-5-3-8-12-10(2)6-4-7-11(9)12/h3-14H,1-2H3;5-10H,1-4H3;3-8H,1-2H3. The van der Waals surface area contributed by atoms with Crippen LogP contribution in [0, 0.1) is 41.5 Å². The minimum atomic E-state index is 0.142. The van der Waals surface area contributed by atoms with Gasteiger partial charge in [-0.15, -0.1) is 0 Å². The second-order valence-corrected chi connectivity index (χ2v) is 14.9. The number of fused-ring (bicyclic) bond motifs is 6. The third-order valence-electron chi connectivity index (χ3n) is 10.9. The first-order chi connectivity index (χ1) is 24.5. The molecule has 0 amide bonds. The van der Waals surface area contributed by atoms with E-state index in [1.165, 1.54) is 99.1 Å². The summed E-state index contributed by atoms with van der Waals surface area (Å²) in [7, 11) is 0. The van der Waals surface area contributed by atoms with Crippen LogP contribution in [0.25, 0.3) is 54.6 Å². The van der Waals surface area contributed by atoms with Crippen molar-refractivity contribution in [2.45, 2.75) is 60.8 Å². The van der Waals surface area contributed by atoms with Crippen LogP contribution in [0.2, 0.25) is 0 Å². The van der Waals surface area contributed by atoms with Gasteiger partial charge in [-0.25, -0.2) is 0 Å². The van der Waals surface area contributed by atoms with Gasteiger partial charge in [0.2, 0.25) is 0 Å². The molecule has 252 valence electrons. The minimum Gasteiger partial charge on any atom is -0.0616 e. The molecule has 0 saturated heterocycles. The molecule has 0 radical (unpaired) electrons. The fraction of sp³-hybridized carbons (Fsp3) is 0.176. The van der Waals surface area contributed by atoms with E-state index in [2.05, 4.69) is 201 Å². The third kappa shape index (κ3) is 6.36. The maximum absolute atomic E-state index is 2.34. The molecule has 0 aliphatic heterocycles. The van der Waals surface area contributed by atoms with Gasteiger partial charge in [-0.1, -0.05) is 171 Å². The average Bonchev–Trinajstić information content (AvgIpc) is 3.34. The summed E-state index contributed by atoms with van der Waals surface area (Å²) in [6.45, 7) is 17.7. The normalized spacial score (nSPS) is 12.5. The summed E-state index contributed by atoms with van der Waals surface area (Å²) in [5.74, 6) is 0. The molecule has 0 fully saturated rings. The SMILES string of the molecule is Cc1ccc2c(c1)C(C)(C)c1cc(C)ccc1-2.Cc1ccc2ccccc2c1-c1c(C)ccc2ccccc12.Cc1cccc2c(C)cccc12. The van der Waals surface area contributed by atoms with E-state index in [-0.39, 0.29) is 5.41 Å². The molecule has 0 spiro atoms. The highest BCUT2D eigenvalue weighted by atomic mass is 14.4. The van der Waals surface area contributed by atoms with Gasteiger partial charge < -0.3 is 0 Å². The van der Waals surface area contributed by atoms with Crippen LogP contribution in [0.1, 0.15) is 58.4 Å². The number of rotatable bonds is 1. The van der Waals surface area contributed by atoms with Crippen LogP contribution in [0.5, 0.6) is 0 Å². The second-order valence-electron chi connectivity index (χ2n) is 14.9. The molecule has 0 heterocycles. The van der Waals surface area contributed by atoms with E-state index >= 15 is 0 Å². The third-order valence-corrected chi connectivity index (χ3v) is 10.9. The molecular formula is C51H48. The molecule has 9 rings (SSSR count). The largest absolute Gasteiger partial charge is 0.0616 e. The van der Waals surface area contributed by atoms with Crippen molar-refractivity contribution in [3.05, 3.63) is 190 Å². The van der Waals surface area contributed by atoms with E-state index in [0.29, 0.717) is 0 Å². The fourth-order valence-corrected chi connectivity index (χ4v) is 8.01. The van der Waals surface area contributed by atoms with Crippen molar-refractivity contribution in [1.29, 1.82) is 0 Å². The molecule has 0 atom stereocenters. The highest BCUT2D eigenvalue weighted by molar-refractivity contribution is 6.07. The molecule has 0 unspecified atom stereocenters. The average molecular weight is 661 g/mol. The molecular weight excluding hydrogens is 613 g/mol. The lowest BCUT2D eigenvalue weighted by Crippen LogP contribution is -2.15. The Hall–Kier alpha value is -5.46. The van der Waals surface area contributed by atoms with Crippen LogP contribution in [0.4, 0.5) is 0 Å². The summed E-state index contributed by atoms with van der Waals surface area (Å²) >= 11 is 0. The van der Waals surface area contributed by atoms with Gasteiger partial charge in [0, 0.05) is 5.41 Å². The molecule has 1 aliphatic rings. The quantitative estimate of drug-likeness (QED) is 0.164. The summed E-state index contributed by atoms with van der Waals surface area (Å²) in [5.41, 5.74) is 16.7. The predicted molar refractivity (Wildman–Crippen MR) is 223 cm³/mol. The smallest absolute Gasteiger partial charge is 0.0159 e. The van der Waals surface area contributed by atoms with E-state index in [0.717, 1.165) is 0 Å². The Balaban J connectivity index is 0.000000125. The summed E-state index contributed by atoms with van der Waals surface area (Å²) < 4.78 is 0. The van der Waals surface area contributed by atoms with E-state index in [1.807, 2.05) is 0 Å². The highest BCUT2D eigenvalue weighted by Crippen LogP contribution is 2.49. The maximum Gasteiger partial charge on any atom is 0.0159 e. The van der Waals surface area contributed by atoms with Gasteiger partial charge >= 0.3 is 0 Å². The first-order valence-electron chi connectivity index (χ1n) is 18.2. The summed E-state index contributed by atoms with van der Waals surface area (Å²) in [4.78, 5) is 0. The molecule has 0 bridgehead atoms. The highest BCUT2D eigenvalue weighted by Gasteiger charge is 2.35. The molecule has 0 saturated carbocycles. The van der Waals surface area contributed by atoms with Gasteiger partial charge in [0.05, 0.1) is 0 Å². The molecule has 0 nitrogen and oxygen atoms in total. The van der Waals surface area contributed by atoms with Crippen LogP contribution in [-0.4, -0.2) is 0 Å². The zero-order valence-corrected chi connectivity index (χ0v) is 31.4. The summed E-state index contributed by atoms with van der Waals surface area (Å²) in [6.07, 6.45) is 0. The van der Waals surface area contributed by atoms with Crippen molar-refractivity contribution in [3.8, 4) is 22.3 Å². The molecule has 0 N–H and O–H groups in total. The lowest BCUT2D eigenvalue weighted by atomic mass is 9.81.